The third kappa shape index (κ3) is 2.56. The highest BCUT2D eigenvalue weighted by atomic mass is 16.5. The minimum Gasteiger partial charge on any atom is -0.381 e. The van der Waals surface area contributed by atoms with Crippen LogP contribution in [-0.2, 0) is 4.74 Å². The molecular weight excluding hydrogens is 202 g/mol. The minimum absolute atomic E-state index is 0.420. The second kappa shape index (κ2) is 5.45. The second-order valence-corrected chi connectivity index (χ2v) is 5.21. The second-order valence-electron chi connectivity index (χ2n) is 5.21. The highest BCUT2D eigenvalue weighted by Crippen LogP contribution is 2.25. The summed E-state index contributed by atoms with van der Waals surface area (Å²) in [6.07, 6.45) is 3.98. The van der Waals surface area contributed by atoms with Gasteiger partial charge in [-0.25, -0.2) is 0 Å². The van der Waals surface area contributed by atoms with Crippen LogP contribution in [0.2, 0.25) is 0 Å². The lowest BCUT2D eigenvalue weighted by Gasteiger charge is -2.42. The van der Waals surface area contributed by atoms with Crippen LogP contribution in [0.1, 0.15) is 19.3 Å². The molecule has 0 saturated carbocycles. The fourth-order valence-electron chi connectivity index (χ4n) is 3.14. The molecule has 2 rings (SSSR count). The van der Waals surface area contributed by atoms with E-state index in [2.05, 4.69) is 16.8 Å². The van der Waals surface area contributed by atoms with Gasteiger partial charge in [-0.1, -0.05) is 0 Å². The standard InChI is InChI=1S/C12H25N3O/c1-14-5-3-10(9-14)15-6-4-12(16-2)7-11(15)8-13/h10-12H,3-9,13H2,1-2H3. The molecule has 0 aromatic carbocycles. The molecule has 2 fully saturated rings. The molecule has 0 radical (unpaired) electrons. The summed E-state index contributed by atoms with van der Waals surface area (Å²) in [5.74, 6) is 0. The van der Waals surface area contributed by atoms with Crippen molar-refractivity contribution in [2.45, 2.75) is 37.5 Å². The van der Waals surface area contributed by atoms with Crippen LogP contribution in [-0.4, -0.2) is 68.3 Å². The first-order valence-corrected chi connectivity index (χ1v) is 6.41. The predicted molar refractivity (Wildman–Crippen MR) is 65.5 cm³/mol. The van der Waals surface area contributed by atoms with E-state index in [1.54, 1.807) is 0 Å². The van der Waals surface area contributed by atoms with Gasteiger partial charge in [0.25, 0.3) is 0 Å². The molecule has 4 heteroatoms. The summed E-state index contributed by atoms with van der Waals surface area (Å²) in [7, 11) is 4.02. The van der Waals surface area contributed by atoms with Gasteiger partial charge < -0.3 is 15.4 Å². The Morgan fingerprint density at radius 3 is 2.69 bits per heavy atom. The van der Waals surface area contributed by atoms with E-state index < -0.39 is 0 Å². The van der Waals surface area contributed by atoms with Crippen LogP contribution in [0.15, 0.2) is 0 Å². The van der Waals surface area contributed by atoms with E-state index in [1.807, 2.05) is 7.11 Å². The summed E-state index contributed by atoms with van der Waals surface area (Å²) in [4.78, 5) is 5.04. The molecule has 0 aromatic rings. The van der Waals surface area contributed by atoms with Crippen LogP contribution >= 0.6 is 0 Å². The highest BCUT2D eigenvalue weighted by molar-refractivity contribution is 4.91. The lowest BCUT2D eigenvalue weighted by Crippen LogP contribution is -2.53. The van der Waals surface area contributed by atoms with E-state index in [9.17, 15) is 0 Å². The number of likely N-dealkylation sites (N-methyl/N-ethyl adjacent to an activating group) is 1. The molecule has 94 valence electrons. The number of ether oxygens (including phenoxy) is 1. The van der Waals surface area contributed by atoms with Gasteiger partial charge in [-0.05, 0) is 32.9 Å². The molecule has 4 nitrogen and oxygen atoms in total. The average molecular weight is 227 g/mol. The SMILES string of the molecule is COC1CCN(C2CCN(C)C2)C(CN)C1. The van der Waals surface area contributed by atoms with E-state index in [0.29, 0.717) is 12.1 Å². The van der Waals surface area contributed by atoms with E-state index in [1.165, 1.54) is 19.5 Å². The van der Waals surface area contributed by atoms with E-state index in [4.69, 9.17) is 10.5 Å². The Labute approximate surface area is 98.7 Å². The summed E-state index contributed by atoms with van der Waals surface area (Å²) >= 11 is 0. The Morgan fingerprint density at radius 1 is 1.31 bits per heavy atom. The summed E-state index contributed by atoms with van der Waals surface area (Å²) in [5.41, 5.74) is 5.90. The zero-order valence-electron chi connectivity index (χ0n) is 10.6. The number of likely N-dealkylation sites (tertiary alicyclic amines) is 2. The molecule has 2 N–H and O–H groups in total. The maximum Gasteiger partial charge on any atom is 0.0599 e. The fraction of sp³-hybridized carbons (Fsp3) is 1.00. The largest absolute Gasteiger partial charge is 0.381 e. The minimum atomic E-state index is 0.420. The molecule has 0 spiro atoms. The van der Waals surface area contributed by atoms with Crippen LogP contribution in [0, 0.1) is 0 Å². The van der Waals surface area contributed by atoms with Crippen LogP contribution in [0.3, 0.4) is 0 Å². The number of piperidine rings is 1. The van der Waals surface area contributed by atoms with Crippen molar-refractivity contribution >= 4 is 0 Å². The average Bonchev–Trinajstić information content (AvgIpc) is 2.74. The zero-order chi connectivity index (χ0) is 11.5. The van der Waals surface area contributed by atoms with E-state index >= 15 is 0 Å². The summed E-state index contributed by atoms with van der Waals surface area (Å²) in [6.45, 7) is 4.35. The number of hydrogen-bond acceptors (Lipinski definition) is 4. The van der Waals surface area contributed by atoms with Crippen LogP contribution in [0.25, 0.3) is 0 Å². The third-order valence-electron chi connectivity index (χ3n) is 4.15. The van der Waals surface area contributed by atoms with Crippen LogP contribution < -0.4 is 5.73 Å². The maximum absolute atomic E-state index is 5.90. The van der Waals surface area contributed by atoms with Crippen molar-refractivity contribution in [3.05, 3.63) is 0 Å². The normalized spacial score (nSPS) is 38.1. The molecule has 2 aliphatic heterocycles. The number of hydrogen-bond donors (Lipinski definition) is 1. The number of methoxy groups -OCH3 is 1. The van der Waals surface area contributed by atoms with Crippen molar-refractivity contribution in [2.24, 2.45) is 5.73 Å². The van der Waals surface area contributed by atoms with Gasteiger partial charge in [0, 0.05) is 38.8 Å². The Balaban J connectivity index is 1.93. The summed E-state index contributed by atoms with van der Waals surface area (Å²) < 4.78 is 5.46. The number of nitrogens with zero attached hydrogens (tertiary/aromatic N) is 2. The Hall–Kier alpha value is -0.160. The van der Waals surface area contributed by atoms with Crippen molar-refractivity contribution in [3.63, 3.8) is 0 Å². The van der Waals surface area contributed by atoms with Crippen molar-refractivity contribution in [1.82, 2.24) is 9.80 Å². The van der Waals surface area contributed by atoms with Gasteiger partial charge in [-0.15, -0.1) is 0 Å². The molecule has 16 heavy (non-hydrogen) atoms. The first-order chi connectivity index (χ1) is 7.74. The zero-order valence-corrected chi connectivity index (χ0v) is 10.6. The van der Waals surface area contributed by atoms with Gasteiger partial charge in [0.2, 0.25) is 0 Å². The smallest absolute Gasteiger partial charge is 0.0599 e. The molecule has 0 aromatic heterocycles. The quantitative estimate of drug-likeness (QED) is 0.744. The summed E-state index contributed by atoms with van der Waals surface area (Å²) in [5, 5.41) is 0. The predicted octanol–water partition coefficient (Wildman–Crippen LogP) is 0.129. The molecule has 0 amide bonds. The molecule has 2 heterocycles. The number of rotatable bonds is 3. The van der Waals surface area contributed by atoms with Gasteiger partial charge in [0.05, 0.1) is 6.10 Å². The Bertz CT molecular complexity index is 224. The molecular formula is C12H25N3O. The van der Waals surface area contributed by atoms with Crippen molar-refractivity contribution < 1.29 is 4.74 Å². The van der Waals surface area contributed by atoms with E-state index in [0.717, 1.165) is 32.0 Å². The molecule has 0 aliphatic carbocycles. The monoisotopic (exact) mass is 227 g/mol. The molecule has 2 aliphatic rings. The maximum atomic E-state index is 5.90. The highest BCUT2D eigenvalue weighted by Gasteiger charge is 2.34. The van der Waals surface area contributed by atoms with Gasteiger partial charge in [-0.2, -0.15) is 0 Å². The van der Waals surface area contributed by atoms with Gasteiger partial charge >= 0.3 is 0 Å². The lowest BCUT2D eigenvalue weighted by atomic mass is 9.97. The van der Waals surface area contributed by atoms with Gasteiger partial charge in [-0.3, -0.25) is 4.90 Å². The van der Waals surface area contributed by atoms with Crippen molar-refractivity contribution in [1.29, 1.82) is 0 Å². The van der Waals surface area contributed by atoms with Crippen molar-refractivity contribution in [2.75, 3.05) is 40.3 Å². The Kier molecular flexibility index (Phi) is 4.19. The molecule has 2 saturated heterocycles. The van der Waals surface area contributed by atoms with E-state index in [-0.39, 0.29) is 0 Å². The van der Waals surface area contributed by atoms with Crippen LogP contribution in [0.5, 0.6) is 0 Å². The molecule has 3 unspecified atom stereocenters. The lowest BCUT2D eigenvalue weighted by molar-refractivity contribution is -0.00218. The van der Waals surface area contributed by atoms with Gasteiger partial charge in [0.1, 0.15) is 0 Å². The first-order valence-electron chi connectivity index (χ1n) is 6.41. The van der Waals surface area contributed by atoms with Crippen molar-refractivity contribution in [3.8, 4) is 0 Å². The topological polar surface area (TPSA) is 41.7 Å². The molecule has 0 bridgehead atoms. The van der Waals surface area contributed by atoms with Crippen LogP contribution in [0.4, 0.5) is 0 Å². The molecule has 3 atom stereocenters. The Morgan fingerprint density at radius 2 is 2.12 bits per heavy atom. The third-order valence-corrected chi connectivity index (χ3v) is 4.15. The first kappa shape index (κ1) is 12.3. The van der Waals surface area contributed by atoms with Gasteiger partial charge in [0.15, 0.2) is 0 Å². The fourth-order valence-corrected chi connectivity index (χ4v) is 3.14. The number of nitrogens with two attached hydrogens (primary N) is 1. The summed E-state index contributed by atoms with van der Waals surface area (Å²) in [6, 6.07) is 1.24.